The number of thiophene rings is 1. The van der Waals surface area contributed by atoms with Crippen LogP contribution in [-0.2, 0) is 0 Å². The zero-order chi connectivity index (χ0) is 18.2. The third-order valence-corrected chi connectivity index (χ3v) is 6.08. The van der Waals surface area contributed by atoms with E-state index in [0.717, 1.165) is 11.3 Å². The van der Waals surface area contributed by atoms with E-state index in [4.69, 9.17) is 11.6 Å². The summed E-state index contributed by atoms with van der Waals surface area (Å²) < 4.78 is 0.295. The third kappa shape index (κ3) is 1.79. The summed E-state index contributed by atoms with van der Waals surface area (Å²) in [5.41, 5.74) is -1.55. The SMILES string of the molecule is O=c1c2ccccc2c(=O)c2c1sc1c(=O)c3ccc(Cl)cc3c(=O)c12. The van der Waals surface area contributed by atoms with E-state index in [1.165, 1.54) is 18.2 Å². The monoisotopic (exact) mass is 378 g/mol. The van der Waals surface area contributed by atoms with E-state index in [1.54, 1.807) is 24.3 Å². The van der Waals surface area contributed by atoms with Crippen LogP contribution < -0.4 is 21.7 Å². The molecule has 5 rings (SSSR count). The first-order valence-corrected chi connectivity index (χ1v) is 8.92. The molecule has 6 heteroatoms. The van der Waals surface area contributed by atoms with E-state index in [2.05, 4.69) is 0 Å². The van der Waals surface area contributed by atoms with Crippen LogP contribution in [0.2, 0.25) is 5.02 Å². The maximum Gasteiger partial charge on any atom is 0.204 e. The highest BCUT2D eigenvalue weighted by Crippen LogP contribution is 2.29. The van der Waals surface area contributed by atoms with Crippen molar-refractivity contribution in [2.45, 2.75) is 0 Å². The number of rotatable bonds is 0. The molecule has 0 saturated carbocycles. The molecule has 0 saturated heterocycles. The molecule has 124 valence electrons. The second-order valence-corrected chi connectivity index (χ2v) is 7.52. The van der Waals surface area contributed by atoms with Gasteiger partial charge in [-0.05, 0) is 18.2 Å². The quantitative estimate of drug-likeness (QED) is 0.414. The van der Waals surface area contributed by atoms with Gasteiger partial charge >= 0.3 is 0 Å². The Labute approximate surface area is 153 Å². The largest absolute Gasteiger partial charge is 0.289 e. The fourth-order valence-electron chi connectivity index (χ4n) is 3.48. The summed E-state index contributed by atoms with van der Waals surface area (Å²) in [7, 11) is 0. The molecule has 0 fully saturated rings. The average Bonchev–Trinajstić information content (AvgIpc) is 3.05. The lowest BCUT2D eigenvalue weighted by Gasteiger charge is -1.98. The molecule has 26 heavy (non-hydrogen) atoms. The zero-order valence-corrected chi connectivity index (χ0v) is 14.5. The summed E-state index contributed by atoms with van der Waals surface area (Å²) in [6.07, 6.45) is 0. The van der Waals surface area contributed by atoms with Crippen LogP contribution in [0.4, 0.5) is 0 Å². The van der Waals surface area contributed by atoms with Crippen LogP contribution >= 0.6 is 22.9 Å². The number of fused-ring (bicyclic) bond motifs is 5. The van der Waals surface area contributed by atoms with Crippen molar-refractivity contribution in [2.24, 2.45) is 0 Å². The second-order valence-electron chi connectivity index (χ2n) is 6.06. The Kier molecular flexibility index (Phi) is 2.99. The molecule has 0 N–H and O–H groups in total. The Morgan fingerprint density at radius 3 is 1.73 bits per heavy atom. The van der Waals surface area contributed by atoms with E-state index in [9.17, 15) is 19.2 Å². The summed E-state index contributed by atoms with van der Waals surface area (Å²) in [4.78, 5) is 51.7. The van der Waals surface area contributed by atoms with Crippen molar-refractivity contribution in [1.29, 1.82) is 0 Å². The summed E-state index contributed by atoms with van der Waals surface area (Å²) in [5, 5.41) is 1.34. The predicted molar refractivity (Wildman–Crippen MR) is 107 cm³/mol. The lowest BCUT2D eigenvalue weighted by Crippen LogP contribution is -2.15. The molecule has 0 aliphatic heterocycles. The van der Waals surface area contributed by atoms with Crippen molar-refractivity contribution in [2.75, 3.05) is 0 Å². The van der Waals surface area contributed by atoms with Crippen molar-refractivity contribution < 1.29 is 0 Å². The Balaban J connectivity index is 2.23. The Hall–Kier alpha value is -2.89. The van der Waals surface area contributed by atoms with Gasteiger partial charge in [0.2, 0.25) is 10.9 Å². The van der Waals surface area contributed by atoms with Crippen molar-refractivity contribution in [3.8, 4) is 0 Å². The Morgan fingerprint density at radius 1 is 0.615 bits per heavy atom. The normalized spacial score (nSPS) is 11.9. The van der Waals surface area contributed by atoms with E-state index in [-0.39, 0.29) is 47.2 Å². The van der Waals surface area contributed by atoms with Gasteiger partial charge in [0, 0.05) is 26.6 Å². The molecule has 5 aromatic rings. The number of halogens is 1. The molecule has 0 aliphatic rings. The van der Waals surface area contributed by atoms with E-state index in [0.29, 0.717) is 10.4 Å². The van der Waals surface area contributed by atoms with Gasteiger partial charge in [-0.25, -0.2) is 0 Å². The molecular weight excluding hydrogens is 372 g/mol. The number of hydrogen-bond acceptors (Lipinski definition) is 5. The number of hydrogen-bond donors (Lipinski definition) is 0. The highest BCUT2D eigenvalue weighted by molar-refractivity contribution is 7.25. The van der Waals surface area contributed by atoms with Crippen LogP contribution in [0.3, 0.4) is 0 Å². The second kappa shape index (κ2) is 5.06. The Morgan fingerprint density at radius 2 is 1.12 bits per heavy atom. The van der Waals surface area contributed by atoms with Gasteiger partial charge in [-0.1, -0.05) is 35.9 Å². The molecule has 4 nitrogen and oxygen atoms in total. The lowest BCUT2D eigenvalue weighted by atomic mass is 10.0. The minimum absolute atomic E-state index is 0.0256. The summed E-state index contributed by atoms with van der Waals surface area (Å²) >= 11 is 6.89. The van der Waals surface area contributed by atoms with Crippen LogP contribution in [0, 0.1) is 0 Å². The van der Waals surface area contributed by atoms with Gasteiger partial charge in [0.1, 0.15) is 0 Å². The first-order valence-electron chi connectivity index (χ1n) is 7.73. The van der Waals surface area contributed by atoms with Gasteiger partial charge in [0.25, 0.3) is 0 Å². The molecule has 1 aromatic heterocycles. The van der Waals surface area contributed by atoms with Crippen molar-refractivity contribution in [3.63, 3.8) is 0 Å². The van der Waals surface area contributed by atoms with E-state index in [1.807, 2.05) is 0 Å². The van der Waals surface area contributed by atoms with Gasteiger partial charge in [0.05, 0.1) is 20.2 Å². The maximum atomic E-state index is 13.0. The molecule has 1 heterocycles. The smallest absolute Gasteiger partial charge is 0.204 e. The Bertz CT molecular complexity index is 1620. The van der Waals surface area contributed by atoms with Crippen LogP contribution in [0.5, 0.6) is 0 Å². The highest BCUT2D eigenvalue weighted by atomic mass is 35.5. The van der Waals surface area contributed by atoms with Gasteiger partial charge in [-0.3, -0.25) is 19.2 Å². The molecule has 0 unspecified atom stereocenters. The van der Waals surface area contributed by atoms with Gasteiger partial charge in [-0.15, -0.1) is 11.3 Å². The van der Waals surface area contributed by atoms with E-state index < -0.39 is 10.9 Å². The summed E-state index contributed by atoms with van der Waals surface area (Å²) in [6.45, 7) is 0. The first-order chi connectivity index (χ1) is 12.5. The predicted octanol–water partition coefficient (Wildman–Crippen LogP) is 3.33. The van der Waals surface area contributed by atoms with Gasteiger partial charge in [-0.2, -0.15) is 0 Å². The van der Waals surface area contributed by atoms with Gasteiger partial charge < -0.3 is 0 Å². The van der Waals surface area contributed by atoms with Gasteiger partial charge in [0.15, 0.2) is 10.9 Å². The molecule has 4 aromatic carbocycles. The first kappa shape index (κ1) is 15.4. The summed E-state index contributed by atoms with van der Waals surface area (Å²) in [6, 6.07) is 10.9. The van der Waals surface area contributed by atoms with E-state index >= 15 is 0 Å². The van der Waals surface area contributed by atoms with Crippen molar-refractivity contribution in [3.05, 3.63) is 88.4 Å². The van der Waals surface area contributed by atoms with Crippen LogP contribution in [-0.4, -0.2) is 0 Å². The zero-order valence-electron chi connectivity index (χ0n) is 13.0. The summed E-state index contributed by atoms with van der Waals surface area (Å²) in [5.74, 6) is 0. The lowest BCUT2D eigenvalue weighted by molar-refractivity contribution is 1.69. The highest BCUT2D eigenvalue weighted by Gasteiger charge is 2.21. The van der Waals surface area contributed by atoms with Crippen LogP contribution in [0.15, 0.2) is 61.6 Å². The molecule has 0 atom stereocenters. The molecule has 0 radical (unpaired) electrons. The standard InChI is InChI=1S/C20H7ClO4S/c21-8-5-6-11-12(7-8)16(23)14-13-15(22)9-3-1-2-4-10(9)17(24)19(13)26-20(14)18(11)25/h1-7H. The maximum absolute atomic E-state index is 13.0. The topological polar surface area (TPSA) is 68.3 Å². The molecule has 0 spiro atoms. The minimum Gasteiger partial charge on any atom is -0.289 e. The van der Waals surface area contributed by atoms with Crippen molar-refractivity contribution in [1.82, 2.24) is 0 Å². The fourth-order valence-corrected chi connectivity index (χ4v) is 4.85. The average molecular weight is 379 g/mol. The third-order valence-electron chi connectivity index (χ3n) is 4.66. The van der Waals surface area contributed by atoms with Crippen LogP contribution in [0.25, 0.3) is 41.7 Å². The molecule has 0 aliphatic carbocycles. The molecular formula is C20H7ClO4S. The van der Waals surface area contributed by atoms with Crippen LogP contribution in [0.1, 0.15) is 0 Å². The minimum atomic E-state index is -0.449. The molecule has 0 bridgehead atoms. The fraction of sp³-hybridized carbons (Fsp3) is 0. The number of benzene rings is 4. The van der Waals surface area contributed by atoms with Crippen molar-refractivity contribution >= 4 is 64.7 Å². The molecule has 0 amide bonds.